The van der Waals surface area contributed by atoms with Gasteiger partial charge in [0.2, 0.25) is 5.91 Å². The fraction of sp³-hybridized carbons (Fsp3) is 0.294. The highest BCUT2D eigenvalue weighted by molar-refractivity contribution is 5.91. The molecule has 0 atom stereocenters. The second-order valence-corrected chi connectivity index (χ2v) is 4.89. The third kappa shape index (κ3) is 5.07. The monoisotopic (exact) mass is 360 g/mol. The third-order valence-corrected chi connectivity index (χ3v) is 3.26. The molecule has 0 radical (unpaired) electrons. The number of aromatic nitrogens is 3. The number of nitrogens with one attached hydrogen (secondary N) is 1. The van der Waals surface area contributed by atoms with E-state index >= 15 is 0 Å². The van der Waals surface area contributed by atoms with Crippen molar-refractivity contribution in [1.82, 2.24) is 20.3 Å². The molecule has 1 aromatic heterocycles. The van der Waals surface area contributed by atoms with E-state index in [1.807, 2.05) is 6.07 Å². The van der Waals surface area contributed by atoms with Crippen LogP contribution in [0, 0.1) is 0 Å². The minimum atomic E-state index is -0.307. The maximum absolute atomic E-state index is 12.0. The van der Waals surface area contributed by atoms with Crippen molar-refractivity contribution in [1.29, 1.82) is 0 Å². The normalized spacial score (nSPS) is 10.5. The first kappa shape index (κ1) is 19.0. The quantitative estimate of drug-likeness (QED) is 0.701. The minimum Gasteiger partial charge on any atom is -0.493 e. The zero-order valence-corrected chi connectivity index (χ0v) is 15.0. The number of carbonyl (C=O) groups excluding carboxylic acids is 1. The standard InChI is InChI=1S/C17H20N4O5/c1-23-12-7-5-11(9-13(12)24-2)6-8-15(22)18-10-14-19-16(25-3)21-17(20-14)26-4/h5-9H,10H2,1-4H3,(H,18,22)/b8-6+. The molecule has 9 heteroatoms. The van der Waals surface area contributed by atoms with E-state index in [9.17, 15) is 4.79 Å². The topological polar surface area (TPSA) is 105 Å². The summed E-state index contributed by atoms with van der Waals surface area (Å²) in [6.07, 6.45) is 3.06. The van der Waals surface area contributed by atoms with Crippen LogP contribution in [0.4, 0.5) is 0 Å². The van der Waals surface area contributed by atoms with Crippen molar-refractivity contribution in [2.24, 2.45) is 0 Å². The van der Waals surface area contributed by atoms with Crippen LogP contribution in [0.5, 0.6) is 23.5 Å². The summed E-state index contributed by atoms with van der Waals surface area (Å²) in [7, 11) is 5.98. The number of benzene rings is 1. The Morgan fingerprint density at radius 2 is 1.62 bits per heavy atom. The van der Waals surface area contributed by atoms with E-state index in [-0.39, 0.29) is 24.5 Å². The van der Waals surface area contributed by atoms with Gasteiger partial charge in [0.05, 0.1) is 35.0 Å². The van der Waals surface area contributed by atoms with Gasteiger partial charge in [-0.3, -0.25) is 4.79 Å². The van der Waals surface area contributed by atoms with Crippen molar-refractivity contribution < 1.29 is 23.7 Å². The Hall–Kier alpha value is -3.36. The number of ether oxygens (including phenoxy) is 4. The Morgan fingerprint density at radius 3 is 2.19 bits per heavy atom. The lowest BCUT2D eigenvalue weighted by Gasteiger charge is -2.07. The van der Waals surface area contributed by atoms with Gasteiger partial charge in [-0.25, -0.2) is 0 Å². The van der Waals surface area contributed by atoms with E-state index in [2.05, 4.69) is 20.3 Å². The molecule has 26 heavy (non-hydrogen) atoms. The van der Waals surface area contributed by atoms with Crippen molar-refractivity contribution in [3.05, 3.63) is 35.7 Å². The molecule has 0 spiro atoms. The highest BCUT2D eigenvalue weighted by Gasteiger charge is 2.08. The van der Waals surface area contributed by atoms with Crippen LogP contribution in [0.2, 0.25) is 0 Å². The number of amides is 1. The molecule has 2 rings (SSSR count). The highest BCUT2D eigenvalue weighted by Crippen LogP contribution is 2.27. The van der Waals surface area contributed by atoms with Gasteiger partial charge in [-0.2, -0.15) is 9.97 Å². The molecule has 0 bridgehead atoms. The molecule has 0 fully saturated rings. The van der Waals surface area contributed by atoms with Crippen LogP contribution < -0.4 is 24.3 Å². The number of methoxy groups -OCH3 is 4. The van der Waals surface area contributed by atoms with Crippen LogP contribution in [-0.2, 0) is 11.3 Å². The highest BCUT2D eigenvalue weighted by atomic mass is 16.5. The lowest BCUT2D eigenvalue weighted by molar-refractivity contribution is -0.116. The van der Waals surface area contributed by atoms with Crippen LogP contribution in [0.3, 0.4) is 0 Å². The van der Waals surface area contributed by atoms with Gasteiger partial charge in [-0.1, -0.05) is 6.07 Å². The zero-order chi connectivity index (χ0) is 18.9. The summed E-state index contributed by atoms with van der Waals surface area (Å²) >= 11 is 0. The fourth-order valence-electron chi connectivity index (χ4n) is 1.99. The first-order chi connectivity index (χ1) is 12.6. The van der Waals surface area contributed by atoms with Crippen molar-refractivity contribution in [2.45, 2.75) is 6.54 Å². The van der Waals surface area contributed by atoms with Gasteiger partial charge in [0.15, 0.2) is 17.3 Å². The first-order valence-corrected chi connectivity index (χ1v) is 7.60. The molecule has 2 aromatic rings. The van der Waals surface area contributed by atoms with Crippen molar-refractivity contribution in [3.63, 3.8) is 0 Å². The number of hydrogen-bond acceptors (Lipinski definition) is 8. The number of rotatable bonds is 8. The molecular formula is C17H20N4O5. The molecule has 1 aromatic carbocycles. The van der Waals surface area contributed by atoms with Gasteiger partial charge in [-0.15, -0.1) is 4.98 Å². The summed E-state index contributed by atoms with van der Waals surface area (Å²) in [4.78, 5) is 24.0. The Bertz CT molecular complexity index is 772. The smallest absolute Gasteiger partial charge is 0.322 e. The molecule has 0 saturated carbocycles. The first-order valence-electron chi connectivity index (χ1n) is 7.60. The molecule has 138 valence electrons. The molecule has 0 saturated heterocycles. The Labute approximate surface area is 151 Å². The molecule has 1 amide bonds. The lowest BCUT2D eigenvalue weighted by Crippen LogP contribution is -2.22. The van der Waals surface area contributed by atoms with Crippen molar-refractivity contribution in [3.8, 4) is 23.5 Å². The Kier molecular flexibility index (Phi) is 6.72. The van der Waals surface area contributed by atoms with E-state index in [1.165, 1.54) is 20.3 Å². The van der Waals surface area contributed by atoms with Crippen LogP contribution in [0.25, 0.3) is 6.08 Å². The van der Waals surface area contributed by atoms with Gasteiger partial charge < -0.3 is 24.3 Å². The fourth-order valence-corrected chi connectivity index (χ4v) is 1.99. The predicted octanol–water partition coefficient (Wildman–Crippen LogP) is 1.24. The van der Waals surface area contributed by atoms with Crippen molar-refractivity contribution in [2.75, 3.05) is 28.4 Å². The lowest BCUT2D eigenvalue weighted by atomic mass is 10.2. The molecule has 0 unspecified atom stereocenters. The summed E-state index contributed by atoms with van der Waals surface area (Å²) < 4.78 is 20.3. The number of nitrogens with zero attached hydrogens (tertiary/aromatic N) is 3. The second-order valence-electron chi connectivity index (χ2n) is 4.89. The third-order valence-electron chi connectivity index (χ3n) is 3.26. The number of carbonyl (C=O) groups is 1. The van der Waals surface area contributed by atoms with Crippen molar-refractivity contribution >= 4 is 12.0 Å². The molecule has 9 nitrogen and oxygen atoms in total. The van der Waals surface area contributed by atoms with E-state index < -0.39 is 0 Å². The second kappa shape index (κ2) is 9.21. The van der Waals surface area contributed by atoms with E-state index in [0.717, 1.165) is 5.56 Å². The molecular weight excluding hydrogens is 340 g/mol. The van der Waals surface area contributed by atoms with E-state index in [4.69, 9.17) is 18.9 Å². The van der Waals surface area contributed by atoms with E-state index in [1.54, 1.807) is 32.4 Å². The maximum atomic E-state index is 12.0. The summed E-state index contributed by atoms with van der Waals surface area (Å²) in [5.41, 5.74) is 0.793. The average molecular weight is 360 g/mol. The maximum Gasteiger partial charge on any atom is 0.322 e. The van der Waals surface area contributed by atoms with Gasteiger partial charge in [0.1, 0.15) is 0 Å². The largest absolute Gasteiger partial charge is 0.493 e. The summed E-state index contributed by atoms with van der Waals surface area (Å²) in [5, 5.41) is 2.68. The van der Waals surface area contributed by atoms with Crippen LogP contribution >= 0.6 is 0 Å². The van der Waals surface area contributed by atoms with E-state index in [0.29, 0.717) is 17.3 Å². The molecule has 0 aliphatic heterocycles. The molecule has 1 N–H and O–H groups in total. The minimum absolute atomic E-state index is 0.102. The van der Waals surface area contributed by atoms with Crippen LogP contribution in [0.1, 0.15) is 11.4 Å². The summed E-state index contributed by atoms with van der Waals surface area (Å²) in [6, 6.07) is 5.57. The number of hydrogen-bond donors (Lipinski definition) is 1. The summed E-state index contributed by atoms with van der Waals surface area (Å²) in [5.74, 6) is 1.21. The average Bonchev–Trinajstić information content (AvgIpc) is 2.69. The molecule has 0 aliphatic carbocycles. The van der Waals surface area contributed by atoms with Crippen LogP contribution in [-0.4, -0.2) is 49.3 Å². The molecule has 0 aliphatic rings. The van der Waals surface area contributed by atoms with Crippen LogP contribution in [0.15, 0.2) is 24.3 Å². The van der Waals surface area contributed by atoms with Gasteiger partial charge in [-0.05, 0) is 23.8 Å². The predicted molar refractivity (Wildman–Crippen MR) is 93.4 cm³/mol. The SMILES string of the molecule is COc1nc(CNC(=O)/C=C/c2ccc(OC)c(OC)c2)nc(OC)n1. The van der Waals surface area contributed by atoms with Gasteiger partial charge in [0.25, 0.3) is 0 Å². The van der Waals surface area contributed by atoms with Gasteiger partial charge >= 0.3 is 12.0 Å². The summed E-state index contributed by atoms with van der Waals surface area (Å²) in [6.45, 7) is 0.102. The Balaban J connectivity index is 1.99. The van der Waals surface area contributed by atoms with Gasteiger partial charge in [0, 0.05) is 6.08 Å². The molecule has 1 heterocycles. The Morgan fingerprint density at radius 1 is 0.962 bits per heavy atom. The zero-order valence-electron chi connectivity index (χ0n) is 15.0.